The van der Waals surface area contributed by atoms with Crippen LogP contribution in [-0.2, 0) is 0 Å². The summed E-state index contributed by atoms with van der Waals surface area (Å²) in [5.41, 5.74) is 0.385. The Hall–Kier alpha value is -1.62. The summed E-state index contributed by atoms with van der Waals surface area (Å²) in [7, 11) is 4.54. The number of alkyl halides is 1. The lowest BCUT2D eigenvalue weighted by atomic mass is 10.1. The van der Waals surface area contributed by atoms with E-state index in [2.05, 4.69) is 12.2 Å². The van der Waals surface area contributed by atoms with Gasteiger partial charge in [-0.2, -0.15) is 0 Å². The molecule has 0 radical (unpaired) electrons. The van der Waals surface area contributed by atoms with Gasteiger partial charge in [-0.15, -0.1) is 11.6 Å². The van der Waals surface area contributed by atoms with Crippen LogP contribution in [-0.4, -0.2) is 39.2 Å². The van der Waals surface area contributed by atoms with Gasteiger partial charge in [0, 0.05) is 18.7 Å². The number of halogens is 1. The number of amides is 1. The van der Waals surface area contributed by atoms with Crippen molar-refractivity contribution >= 4 is 17.5 Å². The van der Waals surface area contributed by atoms with Crippen LogP contribution >= 0.6 is 11.6 Å². The second-order valence-electron chi connectivity index (χ2n) is 4.50. The van der Waals surface area contributed by atoms with Crippen molar-refractivity contribution in [2.45, 2.75) is 25.1 Å². The lowest BCUT2D eigenvalue weighted by Crippen LogP contribution is -2.30. The van der Waals surface area contributed by atoms with Gasteiger partial charge < -0.3 is 19.5 Å². The summed E-state index contributed by atoms with van der Waals surface area (Å²) in [6, 6.07) is 3.22. The molecule has 1 aromatic carbocycles. The molecule has 5 nitrogen and oxygen atoms in total. The average molecular weight is 316 g/mol. The minimum Gasteiger partial charge on any atom is -0.496 e. The molecule has 0 heterocycles. The van der Waals surface area contributed by atoms with Crippen molar-refractivity contribution in [2.75, 3.05) is 27.9 Å². The molecule has 0 saturated carbocycles. The minimum atomic E-state index is -0.255. The van der Waals surface area contributed by atoms with Gasteiger partial charge in [-0.1, -0.05) is 13.3 Å². The number of nitrogens with one attached hydrogen (secondary N) is 1. The molecule has 21 heavy (non-hydrogen) atoms. The van der Waals surface area contributed by atoms with E-state index in [4.69, 9.17) is 25.8 Å². The zero-order chi connectivity index (χ0) is 15.8. The highest BCUT2D eigenvalue weighted by Gasteiger charge is 2.18. The second kappa shape index (κ2) is 8.62. The van der Waals surface area contributed by atoms with E-state index >= 15 is 0 Å². The molecule has 0 fully saturated rings. The molecule has 6 heteroatoms. The van der Waals surface area contributed by atoms with Gasteiger partial charge in [0.2, 0.25) is 0 Å². The van der Waals surface area contributed by atoms with Crippen LogP contribution in [0.5, 0.6) is 17.2 Å². The Morgan fingerprint density at radius 2 is 1.71 bits per heavy atom. The fourth-order valence-electron chi connectivity index (χ4n) is 1.92. The normalized spacial score (nSPS) is 11.7. The molecule has 1 aromatic rings. The third-order valence-corrected chi connectivity index (χ3v) is 3.41. The Balaban J connectivity index is 2.92. The largest absolute Gasteiger partial charge is 0.496 e. The first-order valence-electron chi connectivity index (χ1n) is 6.79. The third-order valence-electron chi connectivity index (χ3n) is 3.04. The van der Waals surface area contributed by atoms with Gasteiger partial charge in [-0.05, 0) is 6.42 Å². The highest BCUT2D eigenvalue weighted by Crippen LogP contribution is 2.34. The summed E-state index contributed by atoms with van der Waals surface area (Å²) >= 11 is 6.10. The van der Waals surface area contributed by atoms with Gasteiger partial charge in [0.1, 0.15) is 5.75 Å². The van der Waals surface area contributed by atoms with Crippen LogP contribution in [0, 0.1) is 0 Å². The Labute approximate surface area is 130 Å². The zero-order valence-corrected chi connectivity index (χ0v) is 13.6. The van der Waals surface area contributed by atoms with Crippen LogP contribution in [0.15, 0.2) is 12.1 Å². The van der Waals surface area contributed by atoms with Crippen LogP contribution in [0.3, 0.4) is 0 Å². The molecule has 1 atom stereocenters. The summed E-state index contributed by atoms with van der Waals surface area (Å²) in [5, 5.41) is 2.72. The quantitative estimate of drug-likeness (QED) is 0.749. The molecule has 0 aliphatic rings. The van der Waals surface area contributed by atoms with Crippen molar-refractivity contribution in [3.63, 3.8) is 0 Å². The van der Waals surface area contributed by atoms with Crippen LogP contribution in [0.25, 0.3) is 0 Å². The third kappa shape index (κ3) is 4.70. The van der Waals surface area contributed by atoms with Crippen molar-refractivity contribution in [1.29, 1.82) is 0 Å². The van der Waals surface area contributed by atoms with E-state index in [9.17, 15) is 4.79 Å². The summed E-state index contributed by atoms with van der Waals surface area (Å²) in [5.74, 6) is 1.15. The number of methoxy groups -OCH3 is 3. The molecule has 0 saturated heterocycles. The highest BCUT2D eigenvalue weighted by molar-refractivity contribution is 6.21. The van der Waals surface area contributed by atoms with E-state index in [0.717, 1.165) is 12.8 Å². The maximum atomic E-state index is 12.3. The van der Waals surface area contributed by atoms with Gasteiger partial charge >= 0.3 is 0 Å². The lowest BCUT2D eigenvalue weighted by molar-refractivity contribution is 0.0949. The molecular formula is C15H22ClNO4. The highest BCUT2D eigenvalue weighted by atomic mass is 35.5. The van der Waals surface area contributed by atoms with Crippen molar-refractivity contribution in [2.24, 2.45) is 0 Å². The number of hydrogen-bond acceptors (Lipinski definition) is 4. The van der Waals surface area contributed by atoms with Crippen LogP contribution in [0.4, 0.5) is 0 Å². The summed E-state index contributed by atoms with van der Waals surface area (Å²) < 4.78 is 15.6. The molecule has 1 unspecified atom stereocenters. The Morgan fingerprint density at radius 1 is 1.14 bits per heavy atom. The van der Waals surface area contributed by atoms with E-state index in [1.807, 2.05) is 0 Å². The van der Waals surface area contributed by atoms with E-state index in [-0.39, 0.29) is 11.3 Å². The number of carbonyl (C=O) groups excluding carboxylic acids is 1. The summed E-state index contributed by atoms with van der Waals surface area (Å²) in [4.78, 5) is 12.3. The van der Waals surface area contributed by atoms with E-state index in [1.165, 1.54) is 21.3 Å². The first-order valence-corrected chi connectivity index (χ1v) is 7.23. The second-order valence-corrected chi connectivity index (χ2v) is 5.12. The summed E-state index contributed by atoms with van der Waals surface area (Å²) in [6.07, 6.45) is 1.83. The van der Waals surface area contributed by atoms with E-state index < -0.39 is 0 Å². The number of carbonyl (C=O) groups is 1. The van der Waals surface area contributed by atoms with Crippen molar-refractivity contribution in [3.05, 3.63) is 17.7 Å². The maximum absolute atomic E-state index is 12.3. The van der Waals surface area contributed by atoms with Crippen LogP contribution < -0.4 is 19.5 Å². The molecule has 1 N–H and O–H groups in total. The predicted molar refractivity (Wildman–Crippen MR) is 83.0 cm³/mol. The van der Waals surface area contributed by atoms with Crippen molar-refractivity contribution < 1.29 is 19.0 Å². The first-order chi connectivity index (χ1) is 10.1. The fraction of sp³-hybridized carbons (Fsp3) is 0.533. The molecule has 1 rings (SSSR count). The van der Waals surface area contributed by atoms with Crippen LogP contribution in [0.1, 0.15) is 30.1 Å². The van der Waals surface area contributed by atoms with Crippen LogP contribution in [0.2, 0.25) is 0 Å². The molecule has 118 valence electrons. The van der Waals surface area contributed by atoms with Gasteiger partial charge in [0.25, 0.3) is 5.91 Å². The Morgan fingerprint density at radius 3 is 2.24 bits per heavy atom. The standard InChI is InChI=1S/C15H22ClNO4/c1-5-6-10(16)9-17-15(18)11-7-13(20-3)14(21-4)8-12(11)19-2/h7-8,10H,5-6,9H2,1-4H3,(H,17,18). The van der Waals surface area contributed by atoms with Crippen molar-refractivity contribution in [3.8, 4) is 17.2 Å². The first kappa shape index (κ1) is 17.4. The smallest absolute Gasteiger partial charge is 0.255 e. The average Bonchev–Trinajstić information content (AvgIpc) is 2.51. The number of hydrogen-bond donors (Lipinski definition) is 1. The molecule has 0 aromatic heterocycles. The lowest BCUT2D eigenvalue weighted by Gasteiger charge is -2.15. The predicted octanol–water partition coefficient (Wildman–Crippen LogP) is 2.85. The molecule has 0 bridgehead atoms. The molecule has 0 aliphatic carbocycles. The SMILES string of the molecule is CCCC(Cl)CNC(=O)c1cc(OC)c(OC)cc1OC. The number of rotatable bonds is 8. The topological polar surface area (TPSA) is 56.8 Å². The Bertz CT molecular complexity index is 479. The number of benzene rings is 1. The molecule has 1 amide bonds. The van der Waals surface area contributed by atoms with E-state index in [1.54, 1.807) is 12.1 Å². The maximum Gasteiger partial charge on any atom is 0.255 e. The van der Waals surface area contributed by atoms with Crippen molar-refractivity contribution in [1.82, 2.24) is 5.32 Å². The number of ether oxygens (including phenoxy) is 3. The van der Waals surface area contributed by atoms with Gasteiger partial charge in [-0.3, -0.25) is 4.79 Å². The Kier molecular flexibility index (Phi) is 7.15. The monoisotopic (exact) mass is 315 g/mol. The zero-order valence-electron chi connectivity index (χ0n) is 12.9. The minimum absolute atomic E-state index is 0.0786. The van der Waals surface area contributed by atoms with E-state index in [0.29, 0.717) is 29.4 Å². The molecular weight excluding hydrogens is 294 g/mol. The molecule has 0 spiro atoms. The van der Waals surface area contributed by atoms with Gasteiger partial charge in [0.15, 0.2) is 11.5 Å². The van der Waals surface area contributed by atoms with Gasteiger partial charge in [-0.25, -0.2) is 0 Å². The molecule has 0 aliphatic heterocycles. The fourth-order valence-corrected chi connectivity index (χ4v) is 2.22. The van der Waals surface area contributed by atoms with Gasteiger partial charge in [0.05, 0.1) is 32.3 Å². The summed E-state index contributed by atoms with van der Waals surface area (Å²) in [6.45, 7) is 2.46.